The van der Waals surface area contributed by atoms with Gasteiger partial charge in [-0.3, -0.25) is 4.79 Å². The van der Waals surface area contributed by atoms with Crippen LogP contribution in [0.2, 0.25) is 0 Å². The van der Waals surface area contributed by atoms with Crippen molar-refractivity contribution in [3.63, 3.8) is 0 Å². The maximum atomic E-state index is 12.0. The van der Waals surface area contributed by atoms with Crippen LogP contribution in [0.4, 0.5) is 5.13 Å². The van der Waals surface area contributed by atoms with E-state index >= 15 is 0 Å². The van der Waals surface area contributed by atoms with Crippen molar-refractivity contribution in [3.8, 4) is 6.07 Å². The number of hydrogen-bond acceptors (Lipinski definition) is 6. The number of fused-ring (bicyclic) bond motifs is 1. The van der Waals surface area contributed by atoms with Gasteiger partial charge in [-0.15, -0.1) is 11.3 Å². The molecule has 6 heteroatoms. The number of aryl methyl sites for hydroxylation is 1. The number of nitrogens with zero attached hydrogens (tertiary/aromatic N) is 3. The molecule has 0 spiro atoms. The van der Waals surface area contributed by atoms with Crippen LogP contribution in [0.25, 0.3) is 0 Å². The van der Waals surface area contributed by atoms with E-state index in [1.165, 1.54) is 4.88 Å². The van der Waals surface area contributed by atoms with Crippen LogP contribution in [-0.4, -0.2) is 30.1 Å². The number of carbonyl (C=O) groups is 1. The Labute approximate surface area is 129 Å². The molecule has 1 heterocycles. The Bertz CT molecular complexity index is 548. The number of nitriles is 1. The molecule has 0 aliphatic heterocycles. The Morgan fingerprint density at radius 2 is 2.38 bits per heavy atom. The maximum absolute atomic E-state index is 12.0. The highest BCUT2D eigenvalue weighted by Gasteiger charge is 2.34. The summed E-state index contributed by atoms with van der Waals surface area (Å²) in [6.45, 7) is 7.08. The number of anilines is 1. The first kappa shape index (κ1) is 15.8. The zero-order valence-corrected chi connectivity index (χ0v) is 13.6. The molecular weight excluding hydrogens is 286 g/mol. The summed E-state index contributed by atoms with van der Waals surface area (Å²) >= 11 is 1.65. The van der Waals surface area contributed by atoms with Gasteiger partial charge < -0.3 is 9.64 Å². The fourth-order valence-electron chi connectivity index (χ4n) is 2.55. The van der Waals surface area contributed by atoms with Crippen molar-refractivity contribution in [2.75, 3.05) is 18.1 Å². The SMILES string of the molecule is CCOC(=O)C1CCc2sc(N(CCC#N)C(C)C)nc21. The first-order chi connectivity index (χ1) is 10.1. The Kier molecular flexibility index (Phi) is 5.18. The summed E-state index contributed by atoms with van der Waals surface area (Å²) < 4.78 is 5.13. The van der Waals surface area contributed by atoms with Gasteiger partial charge in [0.1, 0.15) is 5.92 Å². The van der Waals surface area contributed by atoms with Gasteiger partial charge in [-0.1, -0.05) is 0 Å². The molecule has 0 saturated carbocycles. The van der Waals surface area contributed by atoms with Gasteiger partial charge in [-0.2, -0.15) is 5.26 Å². The molecule has 0 bridgehead atoms. The van der Waals surface area contributed by atoms with E-state index in [1.54, 1.807) is 11.3 Å². The average Bonchev–Trinajstić information content (AvgIpc) is 2.98. The molecular formula is C15H21N3O2S. The second kappa shape index (κ2) is 6.90. The third-order valence-electron chi connectivity index (χ3n) is 3.61. The van der Waals surface area contributed by atoms with Gasteiger partial charge in [0.2, 0.25) is 0 Å². The summed E-state index contributed by atoms with van der Waals surface area (Å²) in [6, 6.07) is 2.46. The summed E-state index contributed by atoms with van der Waals surface area (Å²) in [5.74, 6) is -0.379. The molecule has 1 aromatic heterocycles. The molecule has 0 N–H and O–H groups in total. The predicted octanol–water partition coefficient (Wildman–Crippen LogP) is 2.86. The normalized spacial score (nSPS) is 16.6. The van der Waals surface area contributed by atoms with E-state index in [9.17, 15) is 4.79 Å². The minimum absolute atomic E-state index is 0.166. The van der Waals surface area contributed by atoms with Crippen LogP contribution in [-0.2, 0) is 16.0 Å². The van der Waals surface area contributed by atoms with Crippen LogP contribution in [0.5, 0.6) is 0 Å². The van der Waals surface area contributed by atoms with Crippen LogP contribution >= 0.6 is 11.3 Å². The molecule has 0 radical (unpaired) electrons. The zero-order valence-electron chi connectivity index (χ0n) is 12.8. The molecule has 2 rings (SSSR count). The van der Waals surface area contributed by atoms with E-state index in [-0.39, 0.29) is 17.9 Å². The lowest BCUT2D eigenvalue weighted by Gasteiger charge is -2.25. The van der Waals surface area contributed by atoms with Crippen molar-refractivity contribution < 1.29 is 9.53 Å². The van der Waals surface area contributed by atoms with E-state index in [0.717, 1.165) is 23.7 Å². The second-order valence-electron chi connectivity index (χ2n) is 5.34. The fourth-order valence-corrected chi connectivity index (χ4v) is 3.85. The van der Waals surface area contributed by atoms with E-state index < -0.39 is 0 Å². The smallest absolute Gasteiger partial charge is 0.315 e. The number of thiazole rings is 1. The lowest BCUT2D eigenvalue weighted by molar-refractivity contribution is -0.145. The van der Waals surface area contributed by atoms with Crippen molar-refractivity contribution in [1.29, 1.82) is 5.26 Å². The van der Waals surface area contributed by atoms with Crippen molar-refractivity contribution >= 4 is 22.4 Å². The van der Waals surface area contributed by atoms with E-state index in [2.05, 4.69) is 29.8 Å². The third-order valence-corrected chi connectivity index (χ3v) is 4.78. The van der Waals surface area contributed by atoms with Gasteiger partial charge in [-0.25, -0.2) is 4.98 Å². The molecule has 0 fully saturated rings. The molecule has 1 aliphatic rings. The van der Waals surface area contributed by atoms with Crippen molar-refractivity contribution in [2.24, 2.45) is 0 Å². The van der Waals surface area contributed by atoms with Crippen molar-refractivity contribution in [3.05, 3.63) is 10.6 Å². The van der Waals surface area contributed by atoms with Gasteiger partial charge >= 0.3 is 5.97 Å². The van der Waals surface area contributed by atoms with E-state index in [0.29, 0.717) is 19.6 Å². The van der Waals surface area contributed by atoms with Crippen LogP contribution in [0.1, 0.15) is 50.1 Å². The molecule has 5 nitrogen and oxygen atoms in total. The number of ether oxygens (including phenoxy) is 1. The fraction of sp³-hybridized carbons (Fsp3) is 0.667. The Morgan fingerprint density at radius 3 is 3.00 bits per heavy atom. The predicted molar refractivity (Wildman–Crippen MR) is 82.5 cm³/mol. The molecule has 1 aliphatic carbocycles. The number of aromatic nitrogens is 1. The molecule has 114 valence electrons. The van der Waals surface area contributed by atoms with Crippen molar-refractivity contribution in [2.45, 2.75) is 52.0 Å². The van der Waals surface area contributed by atoms with Crippen LogP contribution < -0.4 is 4.90 Å². The Balaban J connectivity index is 2.20. The van der Waals surface area contributed by atoms with Gasteiger partial charge in [-0.05, 0) is 33.6 Å². The largest absolute Gasteiger partial charge is 0.465 e. The number of rotatable bonds is 6. The highest BCUT2D eigenvalue weighted by Crippen LogP contribution is 2.40. The van der Waals surface area contributed by atoms with Crippen LogP contribution in [0.15, 0.2) is 0 Å². The quantitative estimate of drug-likeness (QED) is 0.756. The molecule has 1 unspecified atom stereocenters. The topological polar surface area (TPSA) is 66.2 Å². The molecule has 0 amide bonds. The summed E-state index contributed by atoms with van der Waals surface area (Å²) in [5.41, 5.74) is 0.885. The number of esters is 1. The molecule has 1 aromatic rings. The van der Waals surface area contributed by atoms with Gasteiger partial charge in [0, 0.05) is 17.5 Å². The van der Waals surface area contributed by atoms with Crippen LogP contribution in [0, 0.1) is 11.3 Å². The molecule has 1 atom stereocenters. The summed E-state index contributed by atoms with van der Waals surface area (Å²) in [7, 11) is 0. The molecule has 0 aromatic carbocycles. The Morgan fingerprint density at radius 1 is 1.62 bits per heavy atom. The van der Waals surface area contributed by atoms with E-state index in [1.807, 2.05) is 6.92 Å². The molecule has 0 saturated heterocycles. The summed E-state index contributed by atoms with van der Waals surface area (Å²) in [4.78, 5) is 20.0. The number of hydrogen-bond donors (Lipinski definition) is 0. The Hall–Kier alpha value is -1.61. The zero-order chi connectivity index (χ0) is 15.4. The average molecular weight is 307 g/mol. The maximum Gasteiger partial charge on any atom is 0.315 e. The lowest BCUT2D eigenvalue weighted by Crippen LogP contribution is -2.31. The van der Waals surface area contributed by atoms with Gasteiger partial charge in [0.25, 0.3) is 0 Å². The van der Waals surface area contributed by atoms with Crippen LogP contribution in [0.3, 0.4) is 0 Å². The lowest BCUT2D eigenvalue weighted by atomic mass is 10.1. The monoisotopic (exact) mass is 307 g/mol. The number of carbonyl (C=O) groups excluding carboxylic acids is 1. The van der Waals surface area contributed by atoms with Crippen molar-refractivity contribution in [1.82, 2.24) is 4.98 Å². The second-order valence-corrected chi connectivity index (χ2v) is 6.41. The van der Waals surface area contributed by atoms with Gasteiger partial charge in [0.15, 0.2) is 5.13 Å². The first-order valence-corrected chi connectivity index (χ1v) is 8.20. The minimum Gasteiger partial charge on any atom is -0.465 e. The van der Waals surface area contributed by atoms with Gasteiger partial charge in [0.05, 0.1) is 24.8 Å². The first-order valence-electron chi connectivity index (χ1n) is 7.38. The molecule has 21 heavy (non-hydrogen) atoms. The summed E-state index contributed by atoms with van der Waals surface area (Å²) in [5, 5.41) is 9.70. The standard InChI is InChI=1S/C15H21N3O2S/c1-4-20-14(19)11-6-7-12-13(11)17-15(21-12)18(10(2)3)9-5-8-16/h10-11H,4-7,9H2,1-3H3. The highest BCUT2D eigenvalue weighted by molar-refractivity contribution is 7.15. The highest BCUT2D eigenvalue weighted by atomic mass is 32.1. The third kappa shape index (κ3) is 3.35. The minimum atomic E-state index is -0.213. The summed E-state index contributed by atoms with van der Waals surface area (Å²) in [6.07, 6.45) is 2.16. The van der Waals surface area contributed by atoms with E-state index in [4.69, 9.17) is 10.00 Å².